The highest BCUT2D eigenvalue weighted by Crippen LogP contribution is 2.15. The van der Waals surface area contributed by atoms with Gasteiger partial charge in [-0.3, -0.25) is 0 Å². The number of piperidine rings is 1. The molecule has 0 aromatic carbocycles. The van der Waals surface area contributed by atoms with Crippen LogP contribution in [0, 0.1) is 5.92 Å². The first-order valence-electron chi connectivity index (χ1n) is 5.89. The summed E-state index contributed by atoms with van der Waals surface area (Å²) in [4.78, 5) is 13.7. The minimum Gasteiger partial charge on any atom is -0.335 e. The lowest BCUT2D eigenvalue weighted by molar-refractivity contribution is 0.166. The van der Waals surface area contributed by atoms with Crippen LogP contribution >= 0.6 is 0 Å². The zero-order valence-electron chi connectivity index (χ0n) is 9.83. The highest BCUT2D eigenvalue weighted by molar-refractivity contribution is 5.74. The SMILES string of the molecule is CC1CCCN(C(=O)NC(C)CCN)C1. The first kappa shape index (κ1) is 12.3. The first-order chi connectivity index (χ1) is 7.13. The van der Waals surface area contributed by atoms with Gasteiger partial charge < -0.3 is 16.0 Å². The molecule has 0 radical (unpaired) electrons. The second-order valence-electron chi connectivity index (χ2n) is 4.62. The number of likely N-dealkylation sites (tertiary alicyclic amines) is 1. The molecule has 1 aliphatic rings. The van der Waals surface area contributed by atoms with E-state index in [4.69, 9.17) is 5.73 Å². The van der Waals surface area contributed by atoms with Crippen LogP contribution in [0.2, 0.25) is 0 Å². The number of hydrogen-bond donors (Lipinski definition) is 2. The predicted molar refractivity (Wildman–Crippen MR) is 61.6 cm³/mol. The normalized spacial score (nSPS) is 23.7. The van der Waals surface area contributed by atoms with E-state index in [1.54, 1.807) is 0 Å². The fraction of sp³-hybridized carbons (Fsp3) is 0.909. The summed E-state index contributed by atoms with van der Waals surface area (Å²) in [6, 6.07) is 0.252. The first-order valence-corrected chi connectivity index (χ1v) is 5.89. The van der Waals surface area contributed by atoms with Crippen molar-refractivity contribution in [2.24, 2.45) is 11.7 Å². The highest BCUT2D eigenvalue weighted by atomic mass is 16.2. The smallest absolute Gasteiger partial charge is 0.317 e. The standard InChI is InChI=1S/C11H23N3O/c1-9-4-3-7-14(8-9)11(15)13-10(2)5-6-12/h9-10H,3-8,12H2,1-2H3,(H,13,15). The van der Waals surface area contributed by atoms with Gasteiger partial charge in [-0.1, -0.05) is 6.92 Å². The van der Waals surface area contributed by atoms with Gasteiger partial charge in [-0.25, -0.2) is 4.79 Å². The summed E-state index contributed by atoms with van der Waals surface area (Å²) in [5, 5.41) is 2.98. The molecule has 3 N–H and O–H groups in total. The van der Waals surface area contributed by atoms with Crippen molar-refractivity contribution in [3.8, 4) is 0 Å². The minimum absolute atomic E-state index is 0.0718. The van der Waals surface area contributed by atoms with Crippen molar-refractivity contribution < 1.29 is 4.79 Å². The van der Waals surface area contributed by atoms with Gasteiger partial charge in [0, 0.05) is 19.1 Å². The van der Waals surface area contributed by atoms with E-state index in [0.29, 0.717) is 12.5 Å². The number of hydrogen-bond acceptors (Lipinski definition) is 2. The minimum atomic E-state index is 0.0718. The number of nitrogens with one attached hydrogen (secondary N) is 1. The lowest BCUT2D eigenvalue weighted by Crippen LogP contribution is -2.48. The molecule has 4 heteroatoms. The number of amides is 2. The van der Waals surface area contributed by atoms with Crippen molar-refractivity contribution in [3.63, 3.8) is 0 Å². The molecule has 0 aliphatic carbocycles. The molecule has 1 rings (SSSR count). The summed E-state index contributed by atoms with van der Waals surface area (Å²) in [5.74, 6) is 0.634. The van der Waals surface area contributed by atoms with E-state index in [1.807, 2.05) is 11.8 Å². The number of nitrogens with zero attached hydrogens (tertiary/aromatic N) is 1. The number of rotatable bonds is 3. The van der Waals surface area contributed by atoms with Gasteiger partial charge in [0.05, 0.1) is 0 Å². The van der Waals surface area contributed by atoms with Crippen molar-refractivity contribution in [2.75, 3.05) is 19.6 Å². The van der Waals surface area contributed by atoms with E-state index in [1.165, 1.54) is 6.42 Å². The van der Waals surface area contributed by atoms with Crippen LogP contribution in [0.5, 0.6) is 0 Å². The fourth-order valence-corrected chi connectivity index (χ4v) is 2.00. The lowest BCUT2D eigenvalue weighted by Gasteiger charge is -2.31. The van der Waals surface area contributed by atoms with Crippen molar-refractivity contribution in [3.05, 3.63) is 0 Å². The van der Waals surface area contributed by atoms with Crippen molar-refractivity contribution in [2.45, 2.75) is 39.2 Å². The largest absolute Gasteiger partial charge is 0.335 e. The molecule has 2 atom stereocenters. The van der Waals surface area contributed by atoms with Crippen molar-refractivity contribution in [1.29, 1.82) is 0 Å². The molecular weight excluding hydrogens is 190 g/mol. The van der Waals surface area contributed by atoms with E-state index < -0.39 is 0 Å². The van der Waals surface area contributed by atoms with Gasteiger partial charge in [0.15, 0.2) is 0 Å². The quantitative estimate of drug-likeness (QED) is 0.739. The Balaban J connectivity index is 2.32. The van der Waals surface area contributed by atoms with E-state index in [2.05, 4.69) is 12.2 Å². The monoisotopic (exact) mass is 213 g/mol. The lowest BCUT2D eigenvalue weighted by atomic mass is 10.0. The van der Waals surface area contributed by atoms with Crippen LogP contribution in [0.15, 0.2) is 0 Å². The molecule has 15 heavy (non-hydrogen) atoms. The second-order valence-corrected chi connectivity index (χ2v) is 4.62. The maximum absolute atomic E-state index is 11.8. The van der Waals surface area contributed by atoms with Gasteiger partial charge >= 0.3 is 6.03 Å². The summed E-state index contributed by atoms with van der Waals surface area (Å²) in [6.07, 6.45) is 3.21. The summed E-state index contributed by atoms with van der Waals surface area (Å²) in [7, 11) is 0. The Kier molecular flexibility index (Phi) is 4.88. The van der Waals surface area contributed by atoms with Gasteiger partial charge in [0.1, 0.15) is 0 Å². The molecule has 0 saturated carbocycles. The van der Waals surface area contributed by atoms with Gasteiger partial charge in [-0.05, 0) is 38.6 Å². The van der Waals surface area contributed by atoms with Crippen LogP contribution in [0.25, 0.3) is 0 Å². The van der Waals surface area contributed by atoms with Crippen molar-refractivity contribution in [1.82, 2.24) is 10.2 Å². The van der Waals surface area contributed by atoms with Crippen LogP contribution in [0.1, 0.15) is 33.1 Å². The molecule has 4 nitrogen and oxygen atoms in total. The number of urea groups is 1. The summed E-state index contributed by atoms with van der Waals surface area (Å²) < 4.78 is 0. The Morgan fingerprint density at radius 3 is 3.00 bits per heavy atom. The van der Waals surface area contributed by atoms with E-state index in [0.717, 1.165) is 25.9 Å². The number of carbonyl (C=O) groups excluding carboxylic acids is 1. The molecule has 0 aromatic heterocycles. The molecule has 0 spiro atoms. The molecule has 1 fully saturated rings. The average molecular weight is 213 g/mol. The Bertz CT molecular complexity index is 208. The molecule has 0 bridgehead atoms. The molecule has 0 aromatic rings. The molecule has 2 unspecified atom stereocenters. The maximum atomic E-state index is 11.8. The van der Waals surface area contributed by atoms with Crippen LogP contribution in [0.4, 0.5) is 4.79 Å². The molecule has 2 amide bonds. The molecule has 1 aliphatic heterocycles. The zero-order chi connectivity index (χ0) is 11.3. The Hall–Kier alpha value is -0.770. The molecular formula is C11H23N3O. The second kappa shape index (κ2) is 5.95. The third kappa shape index (κ3) is 4.08. The van der Waals surface area contributed by atoms with Gasteiger partial charge in [0.25, 0.3) is 0 Å². The van der Waals surface area contributed by atoms with Crippen LogP contribution < -0.4 is 11.1 Å². The van der Waals surface area contributed by atoms with Gasteiger partial charge in [-0.15, -0.1) is 0 Å². The van der Waals surface area contributed by atoms with Crippen LogP contribution in [0.3, 0.4) is 0 Å². The van der Waals surface area contributed by atoms with Crippen molar-refractivity contribution >= 4 is 6.03 Å². The van der Waals surface area contributed by atoms with E-state index in [-0.39, 0.29) is 12.1 Å². The molecule has 1 heterocycles. The topological polar surface area (TPSA) is 58.4 Å². The summed E-state index contributed by atoms with van der Waals surface area (Å²) in [5.41, 5.74) is 5.44. The van der Waals surface area contributed by atoms with E-state index >= 15 is 0 Å². The van der Waals surface area contributed by atoms with Crippen LogP contribution in [-0.4, -0.2) is 36.6 Å². The fourth-order valence-electron chi connectivity index (χ4n) is 2.00. The van der Waals surface area contributed by atoms with Gasteiger partial charge in [0.2, 0.25) is 0 Å². The Morgan fingerprint density at radius 2 is 2.40 bits per heavy atom. The van der Waals surface area contributed by atoms with Crippen LogP contribution in [-0.2, 0) is 0 Å². The Morgan fingerprint density at radius 1 is 1.67 bits per heavy atom. The van der Waals surface area contributed by atoms with E-state index in [9.17, 15) is 4.79 Å². The molecule has 1 saturated heterocycles. The third-order valence-corrected chi connectivity index (χ3v) is 2.91. The third-order valence-electron chi connectivity index (χ3n) is 2.91. The van der Waals surface area contributed by atoms with Gasteiger partial charge in [-0.2, -0.15) is 0 Å². The zero-order valence-corrected chi connectivity index (χ0v) is 9.83. The number of carbonyl (C=O) groups is 1. The highest BCUT2D eigenvalue weighted by Gasteiger charge is 2.21. The maximum Gasteiger partial charge on any atom is 0.317 e. The predicted octanol–water partition coefficient (Wildman–Crippen LogP) is 1.17. The Labute approximate surface area is 92.2 Å². The molecule has 88 valence electrons. The average Bonchev–Trinajstić information content (AvgIpc) is 2.18. The number of nitrogens with two attached hydrogens (primary N) is 1. The summed E-state index contributed by atoms with van der Waals surface area (Å²) >= 11 is 0. The summed E-state index contributed by atoms with van der Waals surface area (Å²) in [6.45, 7) is 6.60.